The van der Waals surface area contributed by atoms with Gasteiger partial charge in [-0.05, 0) is 13.3 Å². The number of carboxylic acid groups (broad SMARTS) is 1. The maximum atomic E-state index is 11.4. The zero-order valence-corrected chi connectivity index (χ0v) is 10.0. The largest absolute Gasteiger partial charge is 0.481 e. The number of hydrogen-bond acceptors (Lipinski definition) is 3. The smallest absolute Gasteiger partial charge is 0.315 e. The molecule has 0 radical (unpaired) electrons. The van der Waals surface area contributed by atoms with Crippen LogP contribution in [0.25, 0.3) is 0 Å². The number of carbonyl (C=O) groups is 3. The second-order valence-electron chi connectivity index (χ2n) is 3.83. The molecule has 0 aromatic carbocycles. The Morgan fingerprint density at radius 2 is 1.88 bits per heavy atom. The average molecular weight is 245 g/mol. The van der Waals surface area contributed by atoms with Crippen LogP contribution >= 0.6 is 0 Å². The number of rotatable bonds is 7. The molecule has 0 aliphatic rings. The third-order valence-electron chi connectivity index (χ3n) is 2.17. The summed E-state index contributed by atoms with van der Waals surface area (Å²) in [6.07, 6.45) is 1.17. The van der Waals surface area contributed by atoms with Crippen LogP contribution in [0.1, 0.15) is 33.1 Å². The predicted molar refractivity (Wildman–Crippen MR) is 61.3 cm³/mol. The minimum absolute atomic E-state index is 0.147. The van der Waals surface area contributed by atoms with Gasteiger partial charge in [0, 0.05) is 6.04 Å². The highest BCUT2D eigenvalue weighted by Crippen LogP contribution is 2.01. The van der Waals surface area contributed by atoms with Gasteiger partial charge in [0.15, 0.2) is 0 Å². The van der Waals surface area contributed by atoms with Crippen LogP contribution in [0.5, 0.6) is 0 Å². The molecule has 2 unspecified atom stereocenters. The lowest BCUT2D eigenvalue weighted by atomic mass is 10.1. The molecule has 17 heavy (non-hydrogen) atoms. The lowest BCUT2D eigenvalue weighted by Gasteiger charge is -2.18. The second-order valence-corrected chi connectivity index (χ2v) is 3.83. The van der Waals surface area contributed by atoms with Crippen molar-refractivity contribution in [2.24, 2.45) is 5.73 Å². The Kier molecular flexibility index (Phi) is 6.69. The van der Waals surface area contributed by atoms with Crippen molar-refractivity contribution in [1.82, 2.24) is 10.6 Å². The van der Waals surface area contributed by atoms with Gasteiger partial charge in [-0.3, -0.25) is 9.59 Å². The van der Waals surface area contributed by atoms with Crippen molar-refractivity contribution in [1.29, 1.82) is 0 Å². The van der Waals surface area contributed by atoms with Gasteiger partial charge in [-0.15, -0.1) is 0 Å². The van der Waals surface area contributed by atoms with Gasteiger partial charge in [0.05, 0.1) is 6.42 Å². The highest BCUT2D eigenvalue weighted by molar-refractivity contribution is 5.85. The summed E-state index contributed by atoms with van der Waals surface area (Å²) in [4.78, 5) is 32.7. The van der Waals surface area contributed by atoms with Crippen LogP contribution in [-0.4, -0.2) is 35.1 Å². The Morgan fingerprint density at radius 3 is 2.29 bits per heavy atom. The van der Waals surface area contributed by atoms with Crippen molar-refractivity contribution in [3.05, 3.63) is 0 Å². The number of urea groups is 1. The molecule has 0 bridgehead atoms. The van der Waals surface area contributed by atoms with Crippen molar-refractivity contribution < 1.29 is 19.5 Å². The maximum Gasteiger partial charge on any atom is 0.315 e. The number of nitrogens with two attached hydrogens (primary N) is 1. The fourth-order valence-corrected chi connectivity index (χ4v) is 1.28. The quantitative estimate of drug-likeness (QED) is 0.496. The van der Waals surface area contributed by atoms with Crippen molar-refractivity contribution in [2.45, 2.75) is 45.2 Å². The van der Waals surface area contributed by atoms with Gasteiger partial charge in [0.2, 0.25) is 5.91 Å². The molecule has 0 heterocycles. The van der Waals surface area contributed by atoms with E-state index < -0.39 is 30.0 Å². The fraction of sp³-hybridized carbons (Fsp3) is 0.700. The standard InChI is InChI=1S/C10H19N3O4/c1-3-4-7(5-8(14)15)13-10(17)12-6(2)9(11)16/h6-7H,3-5H2,1-2H3,(H2,11,16)(H,14,15)(H2,12,13,17). The van der Waals surface area contributed by atoms with E-state index in [1.165, 1.54) is 6.92 Å². The summed E-state index contributed by atoms with van der Waals surface area (Å²) < 4.78 is 0. The highest BCUT2D eigenvalue weighted by atomic mass is 16.4. The van der Waals surface area contributed by atoms with Gasteiger partial charge in [-0.1, -0.05) is 13.3 Å². The molecular weight excluding hydrogens is 226 g/mol. The maximum absolute atomic E-state index is 11.4. The van der Waals surface area contributed by atoms with E-state index in [2.05, 4.69) is 10.6 Å². The highest BCUT2D eigenvalue weighted by Gasteiger charge is 2.17. The topological polar surface area (TPSA) is 122 Å². The molecule has 7 heteroatoms. The Hall–Kier alpha value is -1.79. The number of primary amides is 1. The lowest BCUT2D eigenvalue weighted by molar-refractivity contribution is -0.137. The average Bonchev–Trinajstić information content (AvgIpc) is 2.16. The second kappa shape index (κ2) is 7.48. The first-order valence-corrected chi connectivity index (χ1v) is 5.45. The zero-order chi connectivity index (χ0) is 13.4. The molecule has 0 aromatic rings. The van der Waals surface area contributed by atoms with E-state index in [0.29, 0.717) is 6.42 Å². The molecule has 2 atom stereocenters. The SMILES string of the molecule is CCCC(CC(=O)O)NC(=O)NC(C)C(N)=O. The number of nitrogens with one attached hydrogen (secondary N) is 2. The van der Waals surface area contributed by atoms with Crippen LogP contribution in [0, 0.1) is 0 Å². The summed E-state index contributed by atoms with van der Waals surface area (Å²) in [5.74, 6) is -1.63. The van der Waals surface area contributed by atoms with Crippen LogP contribution in [0.15, 0.2) is 0 Å². The molecule has 0 saturated carbocycles. The summed E-state index contributed by atoms with van der Waals surface area (Å²) in [5.41, 5.74) is 4.98. The van der Waals surface area contributed by atoms with Crippen molar-refractivity contribution >= 4 is 17.9 Å². The summed E-state index contributed by atoms with van der Waals surface area (Å²) in [7, 11) is 0. The van der Waals surface area contributed by atoms with Crippen molar-refractivity contribution in [3.8, 4) is 0 Å². The predicted octanol–water partition coefficient (Wildman–Crippen LogP) is -0.197. The van der Waals surface area contributed by atoms with E-state index in [-0.39, 0.29) is 6.42 Å². The fourth-order valence-electron chi connectivity index (χ4n) is 1.28. The number of aliphatic carboxylic acids is 1. The van der Waals surface area contributed by atoms with Gasteiger partial charge < -0.3 is 21.5 Å². The molecular formula is C10H19N3O4. The van der Waals surface area contributed by atoms with Gasteiger partial charge in [0.1, 0.15) is 6.04 Å². The molecule has 0 rings (SSSR count). The molecule has 5 N–H and O–H groups in total. The van der Waals surface area contributed by atoms with Gasteiger partial charge >= 0.3 is 12.0 Å². The Labute approximate surface area is 99.7 Å². The van der Waals surface area contributed by atoms with Crippen LogP contribution in [0.3, 0.4) is 0 Å². The Bertz CT molecular complexity index is 293. The third kappa shape index (κ3) is 7.15. The number of amides is 3. The van der Waals surface area contributed by atoms with Crippen LogP contribution in [-0.2, 0) is 9.59 Å². The van der Waals surface area contributed by atoms with E-state index in [1.54, 1.807) is 0 Å². The number of carbonyl (C=O) groups excluding carboxylic acids is 2. The minimum Gasteiger partial charge on any atom is -0.481 e. The molecule has 0 aliphatic carbocycles. The number of carboxylic acids is 1. The van der Waals surface area contributed by atoms with Crippen LogP contribution in [0.4, 0.5) is 4.79 Å². The molecule has 3 amide bonds. The Morgan fingerprint density at radius 1 is 1.29 bits per heavy atom. The molecule has 0 aliphatic heterocycles. The summed E-state index contributed by atoms with van der Waals surface area (Å²) in [5, 5.41) is 13.5. The minimum atomic E-state index is -0.980. The summed E-state index contributed by atoms with van der Waals surface area (Å²) in [6, 6.07) is -1.82. The summed E-state index contributed by atoms with van der Waals surface area (Å²) in [6.45, 7) is 3.34. The number of hydrogen-bond donors (Lipinski definition) is 4. The van der Waals surface area contributed by atoms with E-state index in [4.69, 9.17) is 10.8 Å². The normalized spacial score (nSPS) is 13.5. The van der Waals surface area contributed by atoms with E-state index in [9.17, 15) is 14.4 Å². The van der Waals surface area contributed by atoms with E-state index in [1.807, 2.05) is 6.92 Å². The van der Waals surface area contributed by atoms with Gasteiger partial charge in [-0.25, -0.2) is 4.79 Å². The zero-order valence-electron chi connectivity index (χ0n) is 10.0. The molecule has 7 nitrogen and oxygen atoms in total. The molecule has 0 spiro atoms. The van der Waals surface area contributed by atoms with Crippen molar-refractivity contribution in [3.63, 3.8) is 0 Å². The van der Waals surface area contributed by atoms with E-state index in [0.717, 1.165) is 6.42 Å². The monoisotopic (exact) mass is 245 g/mol. The molecule has 0 aromatic heterocycles. The van der Waals surface area contributed by atoms with Crippen LogP contribution < -0.4 is 16.4 Å². The van der Waals surface area contributed by atoms with E-state index >= 15 is 0 Å². The first kappa shape index (κ1) is 15.2. The third-order valence-corrected chi connectivity index (χ3v) is 2.17. The van der Waals surface area contributed by atoms with Gasteiger partial charge in [0.25, 0.3) is 0 Å². The van der Waals surface area contributed by atoms with Crippen LogP contribution in [0.2, 0.25) is 0 Å². The molecule has 0 saturated heterocycles. The molecule has 98 valence electrons. The first-order chi connectivity index (χ1) is 7.86. The lowest BCUT2D eigenvalue weighted by Crippen LogP contribution is -2.49. The van der Waals surface area contributed by atoms with Crippen molar-refractivity contribution in [2.75, 3.05) is 0 Å². The molecule has 0 fully saturated rings. The Balaban J connectivity index is 4.20. The first-order valence-electron chi connectivity index (χ1n) is 5.45. The summed E-state index contributed by atoms with van der Waals surface area (Å²) >= 11 is 0. The van der Waals surface area contributed by atoms with Gasteiger partial charge in [-0.2, -0.15) is 0 Å².